The van der Waals surface area contributed by atoms with E-state index < -0.39 is 0 Å². The Morgan fingerprint density at radius 2 is 1.80 bits per heavy atom. The number of imidazole rings is 1. The van der Waals surface area contributed by atoms with E-state index >= 15 is 0 Å². The SMILES string of the molecule is Cc1cc(C)cc(CC2CCC3Cn4c(ccc(-n5cnc(C)c5)c4=O)C(=O)N23)c1. The van der Waals surface area contributed by atoms with E-state index in [4.69, 9.17) is 0 Å². The normalized spacial score (nSPS) is 20.4. The number of fused-ring (bicyclic) bond motifs is 2. The Hall–Kier alpha value is -3.15. The molecule has 1 saturated heterocycles. The van der Waals surface area contributed by atoms with Crippen molar-refractivity contribution in [1.82, 2.24) is 19.0 Å². The third-order valence-electron chi connectivity index (χ3n) is 6.36. The number of carbonyl (C=O) groups excluding carboxylic acids is 1. The van der Waals surface area contributed by atoms with Gasteiger partial charge in [-0.3, -0.25) is 9.59 Å². The molecule has 30 heavy (non-hydrogen) atoms. The predicted molar refractivity (Wildman–Crippen MR) is 115 cm³/mol. The molecule has 154 valence electrons. The lowest BCUT2D eigenvalue weighted by Gasteiger charge is -2.36. The molecule has 6 heteroatoms. The van der Waals surface area contributed by atoms with E-state index in [0.29, 0.717) is 17.9 Å². The number of aromatic nitrogens is 3. The average molecular weight is 402 g/mol. The van der Waals surface area contributed by atoms with Gasteiger partial charge in [-0.1, -0.05) is 29.3 Å². The standard InChI is InChI=1S/C24H26N4O2/c1-15-8-16(2)10-18(9-15)11-19-4-5-20-13-27-22(24(30)28(19)20)7-6-21(23(27)29)26-12-17(3)25-14-26/h6-10,12,14,19-20H,4-5,11,13H2,1-3H3. The van der Waals surface area contributed by atoms with Crippen LogP contribution in [0, 0.1) is 20.8 Å². The highest BCUT2D eigenvalue weighted by Gasteiger charge is 2.42. The Bertz CT molecular complexity index is 1190. The van der Waals surface area contributed by atoms with Crippen LogP contribution in [-0.4, -0.2) is 37.0 Å². The van der Waals surface area contributed by atoms with Gasteiger partial charge in [0.1, 0.15) is 11.4 Å². The Balaban J connectivity index is 1.47. The van der Waals surface area contributed by atoms with E-state index in [0.717, 1.165) is 25.0 Å². The van der Waals surface area contributed by atoms with Crippen LogP contribution in [0.1, 0.15) is 45.7 Å². The van der Waals surface area contributed by atoms with Gasteiger partial charge in [-0.15, -0.1) is 0 Å². The number of nitrogens with zero attached hydrogens (tertiary/aromatic N) is 4. The van der Waals surface area contributed by atoms with E-state index in [9.17, 15) is 9.59 Å². The molecule has 4 heterocycles. The Kier molecular flexibility index (Phi) is 4.38. The number of hydrogen-bond donors (Lipinski definition) is 0. The van der Waals surface area contributed by atoms with Crippen molar-refractivity contribution in [3.8, 4) is 5.69 Å². The summed E-state index contributed by atoms with van der Waals surface area (Å²) in [6.45, 7) is 6.68. The van der Waals surface area contributed by atoms with Crippen LogP contribution in [0.3, 0.4) is 0 Å². The van der Waals surface area contributed by atoms with Crippen molar-refractivity contribution in [3.63, 3.8) is 0 Å². The minimum Gasteiger partial charge on any atom is -0.329 e. The fourth-order valence-electron chi connectivity index (χ4n) is 5.16. The lowest BCUT2D eigenvalue weighted by molar-refractivity contribution is 0.0585. The molecular formula is C24H26N4O2. The smallest absolute Gasteiger partial charge is 0.275 e. The number of carbonyl (C=O) groups is 1. The maximum Gasteiger partial charge on any atom is 0.275 e. The van der Waals surface area contributed by atoms with E-state index in [1.807, 2.05) is 18.0 Å². The zero-order valence-corrected chi connectivity index (χ0v) is 17.6. The molecule has 2 aliphatic rings. The van der Waals surface area contributed by atoms with Gasteiger partial charge in [0, 0.05) is 18.8 Å². The van der Waals surface area contributed by atoms with Crippen LogP contribution in [0.25, 0.3) is 5.69 Å². The monoisotopic (exact) mass is 402 g/mol. The first kappa shape index (κ1) is 18.9. The first-order valence-corrected chi connectivity index (χ1v) is 10.6. The highest BCUT2D eigenvalue weighted by Crippen LogP contribution is 2.32. The molecule has 2 atom stereocenters. The zero-order chi connectivity index (χ0) is 21.0. The number of hydrogen-bond acceptors (Lipinski definition) is 3. The van der Waals surface area contributed by atoms with Gasteiger partial charge in [0.05, 0.1) is 18.1 Å². The molecule has 0 saturated carbocycles. The van der Waals surface area contributed by atoms with E-state index in [1.54, 1.807) is 27.6 Å². The Morgan fingerprint density at radius 3 is 2.50 bits per heavy atom. The van der Waals surface area contributed by atoms with E-state index in [2.05, 4.69) is 37.0 Å². The van der Waals surface area contributed by atoms with Gasteiger partial charge in [0.2, 0.25) is 0 Å². The molecule has 0 N–H and O–H groups in total. The molecule has 0 spiro atoms. The molecule has 1 fully saturated rings. The number of aryl methyl sites for hydroxylation is 3. The highest BCUT2D eigenvalue weighted by molar-refractivity contribution is 5.94. The molecule has 0 bridgehead atoms. The summed E-state index contributed by atoms with van der Waals surface area (Å²) in [5.41, 5.74) is 5.53. The minimum atomic E-state index is -0.129. The summed E-state index contributed by atoms with van der Waals surface area (Å²) in [5, 5.41) is 0. The van der Waals surface area contributed by atoms with Crippen molar-refractivity contribution in [1.29, 1.82) is 0 Å². The summed E-state index contributed by atoms with van der Waals surface area (Å²) in [6, 6.07) is 10.4. The first-order chi connectivity index (χ1) is 14.4. The molecule has 0 radical (unpaired) electrons. The van der Waals surface area contributed by atoms with Crippen molar-refractivity contribution in [2.45, 2.75) is 58.7 Å². The number of benzene rings is 1. The quantitative estimate of drug-likeness (QED) is 0.676. The van der Waals surface area contributed by atoms with Gasteiger partial charge in [0.15, 0.2) is 0 Å². The summed E-state index contributed by atoms with van der Waals surface area (Å²) >= 11 is 0. The van der Waals surface area contributed by atoms with Gasteiger partial charge in [-0.2, -0.15) is 0 Å². The van der Waals surface area contributed by atoms with Crippen molar-refractivity contribution < 1.29 is 4.79 Å². The largest absolute Gasteiger partial charge is 0.329 e. The molecule has 5 rings (SSSR count). The van der Waals surface area contributed by atoms with E-state index in [-0.39, 0.29) is 23.6 Å². The molecule has 2 aromatic heterocycles. The van der Waals surface area contributed by atoms with Crippen molar-refractivity contribution in [3.05, 3.63) is 81.3 Å². The first-order valence-electron chi connectivity index (χ1n) is 10.6. The van der Waals surface area contributed by atoms with Crippen molar-refractivity contribution in [2.75, 3.05) is 0 Å². The summed E-state index contributed by atoms with van der Waals surface area (Å²) in [6.07, 6.45) is 6.24. The maximum absolute atomic E-state index is 13.4. The molecule has 6 nitrogen and oxygen atoms in total. The van der Waals surface area contributed by atoms with Crippen molar-refractivity contribution in [2.24, 2.45) is 0 Å². The van der Waals surface area contributed by atoms with Crippen LogP contribution in [0.15, 0.2) is 47.7 Å². The second-order valence-corrected chi connectivity index (χ2v) is 8.74. The molecule has 2 aliphatic heterocycles. The summed E-state index contributed by atoms with van der Waals surface area (Å²) in [5.74, 6) is -0.0245. The number of pyridine rings is 1. The van der Waals surface area contributed by atoms with Gasteiger partial charge in [-0.05, 0) is 57.7 Å². The average Bonchev–Trinajstić information content (AvgIpc) is 3.28. The van der Waals surface area contributed by atoms with Crippen LogP contribution in [-0.2, 0) is 13.0 Å². The summed E-state index contributed by atoms with van der Waals surface area (Å²) < 4.78 is 3.40. The second-order valence-electron chi connectivity index (χ2n) is 8.74. The van der Waals surface area contributed by atoms with Crippen LogP contribution in [0.2, 0.25) is 0 Å². The number of amides is 1. The lowest BCUT2D eigenvalue weighted by atomic mass is 10.00. The predicted octanol–water partition coefficient (Wildman–Crippen LogP) is 3.19. The van der Waals surface area contributed by atoms with E-state index in [1.165, 1.54) is 16.7 Å². The van der Waals surface area contributed by atoms with Gasteiger partial charge in [-0.25, -0.2) is 4.98 Å². The fraction of sp³-hybridized carbons (Fsp3) is 0.375. The third-order valence-corrected chi connectivity index (χ3v) is 6.36. The zero-order valence-electron chi connectivity index (χ0n) is 17.6. The van der Waals surface area contributed by atoms with Crippen LogP contribution in [0.5, 0.6) is 0 Å². The van der Waals surface area contributed by atoms with Gasteiger partial charge < -0.3 is 14.0 Å². The van der Waals surface area contributed by atoms with Gasteiger partial charge >= 0.3 is 0 Å². The van der Waals surface area contributed by atoms with Crippen molar-refractivity contribution >= 4 is 5.91 Å². The van der Waals surface area contributed by atoms with Crippen LogP contribution < -0.4 is 5.56 Å². The van der Waals surface area contributed by atoms with Crippen LogP contribution in [0.4, 0.5) is 0 Å². The molecular weight excluding hydrogens is 376 g/mol. The molecule has 3 aromatic rings. The maximum atomic E-state index is 13.4. The summed E-state index contributed by atoms with van der Waals surface area (Å²) in [7, 11) is 0. The molecule has 2 unspecified atom stereocenters. The molecule has 1 aromatic carbocycles. The molecule has 1 amide bonds. The Morgan fingerprint density at radius 1 is 1.03 bits per heavy atom. The highest BCUT2D eigenvalue weighted by atomic mass is 16.2. The second kappa shape index (κ2) is 6.97. The number of rotatable bonds is 3. The third kappa shape index (κ3) is 3.07. The fourth-order valence-corrected chi connectivity index (χ4v) is 5.16. The molecule has 0 aliphatic carbocycles. The topological polar surface area (TPSA) is 60.1 Å². The van der Waals surface area contributed by atoms with Crippen LogP contribution >= 0.6 is 0 Å². The van der Waals surface area contributed by atoms with Gasteiger partial charge in [0.25, 0.3) is 11.5 Å². The lowest BCUT2D eigenvalue weighted by Crippen LogP contribution is -2.51. The summed E-state index contributed by atoms with van der Waals surface area (Å²) in [4.78, 5) is 32.8. The minimum absolute atomic E-state index is 0.0245. The Labute approximate surface area is 175 Å².